The molecule has 0 saturated carbocycles. The van der Waals surface area contributed by atoms with E-state index in [2.05, 4.69) is 4.98 Å². The molecule has 4 nitrogen and oxygen atoms in total. The van der Waals surface area contributed by atoms with Crippen LogP contribution in [0.2, 0.25) is 0 Å². The third-order valence-corrected chi connectivity index (χ3v) is 2.31. The lowest BCUT2D eigenvalue weighted by molar-refractivity contribution is 0.216. The number of para-hydroxylation sites is 1. The van der Waals surface area contributed by atoms with Gasteiger partial charge in [-0.3, -0.25) is 4.98 Å². The average molecular weight is 245 g/mol. The molecule has 0 aliphatic rings. The van der Waals surface area contributed by atoms with Gasteiger partial charge in [0.05, 0.1) is 12.3 Å². The quantitative estimate of drug-likeness (QED) is 0.791. The molecule has 18 heavy (non-hydrogen) atoms. The first-order valence-electron chi connectivity index (χ1n) is 5.75. The fraction of sp³-hybridized carbons (Fsp3) is 0.214. The summed E-state index contributed by atoms with van der Waals surface area (Å²) < 4.78 is 11.0. The third kappa shape index (κ3) is 3.75. The SMILES string of the molecule is OCc1cc(OCCOc2ccccc2)ccn1. The number of hydrogen-bond donors (Lipinski definition) is 1. The van der Waals surface area contributed by atoms with Crippen molar-refractivity contribution in [2.75, 3.05) is 13.2 Å². The highest BCUT2D eigenvalue weighted by molar-refractivity contribution is 5.22. The number of rotatable bonds is 6. The Morgan fingerprint density at radius 1 is 0.944 bits per heavy atom. The molecule has 1 aromatic heterocycles. The zero-order valence-electron chi connectivity index (χ0n) is 9.95. The molecule has 2 aromatic rings. The highest BCUT2D eigenvalue weighted by Gasteiger charge is 1.97. The Morgan fingerprint density at radius 2 is 1.67 bits per heavy atom. The molecule has 1 aromatic carbocycles. The molecule has 0 atom stereocenters. The second-order valence-electron chi connectivity index (χ2n) is 3.65. The summed E-state index contributed by atoms with van der Waals surface area (Å²) in [5.41, 5.74) is 0.594. The Bertz CT molecular complexity index is 473. The van der Waals surface area contributed by atoms with Crippen molar-refractivity contribution in [1.82, 2.24) is 4.98 Å². The fourth-order valence-corrected chi connectivity index (χ4v) is 1.47. The van der Waals surface area contributed by atoms with Crippen LogP contribution in [0.5, 0.6) is 11.5 Å². The van der Waals surface area contributed by atoms with Crippen molar-refractivity contribution in [3.63, 3.8) is 0 Å². The van der Waals surface area contributed by atoms with Crippen molar-refractivity contribution in [1.29, 1.82) is 0 Å². The molecule has 0 aliphatic heterocycles. The summed E-state index contributed by atoms with van der Waals surface area (Å²) in [6.07, 6.45) is 1.61. The maximum atomic E-state index is 8.94. The van der Waals surface area contributed by atoms with Crippen molar-refractivity contribution in [2.45, 2.75) is 6.61 Å². The third-order valence-electron chi connectivity index (χ3n) is 2.31. The second-order valence-corrected chi connectivity index (χ2v) is 3.65. The monoisotopic (exact) mass is 245 g/mol. The van der Waals surface area contributed by atoms with Crippen LogP contribution in [-0.4, -0.2) is 23.3 Å². The van der Waals surface area contributed by atoms with Crippen LogP contribution >= 0.6 is 0 Å². The number of aliphatic hydroxyl groups excluding tert-OH is 1. The first kappa shape index (κ1) is 12.4. The largest absolute Gasteiger partial charge is 0.490 e. The molecule has 0 saturated heterocycles. The van der Waals surface area contributed by atoms with Crippen LogP contribution in [0.15, 0.2) is 48.7 Å². The second kappa shape index (κ2) is 6.61. The topological polar surface area (TPSA) is 51.6 Å². The molecule has 1 heterocycles. The molecule has 1 N–H and O–H groups in total. The number of hydrogen-bond acceptors (Lipinski definition) is 4. The minimum atomic E-state index is -0.0856. The number of nitrogens with zero attached hydrogens (tertiary/aromatic N) is 1. The lowest BCUT2D eigenvalue weighted by Gasteiger charge is -2.08. The zero-order valence-corrected chi connectivity index (χ0v) is 9.95. The van der Waals surface area contributed by atoms with Gasteiger partial charge in [-0.1, -0.05) is 18.2 Å². The summed E-state index contributed by atoms with van der Waals surface area (Å²) in [6, 6.07) is 13.0. The highest BCUT2D eigenvalue weighted by Crippen LogP contribution is 2.11. The predicted octanol–water partition coefficient (Wildman–Crippen LogP) is 2.03. The number of aliphatic hydroxyl groups is 1. The van der Waals surface area contributed by atoms with Gasteiger partial charge in [-0.25, -0.2) is 0 Å². The van der Waals surface area contributed by atoms with Crippen LogP contribution in [0.25, 0.3) is 0 Å². The van der Waals surface area contributed by atoms with Gasteiger partial charge >= 0.3 is 0 Å². The average Bonchev–Trinajstić information content (AvgIpc) is 2.45. The van der Waals surface area contributed by atoms with E-state index in [9.17, 15) is 0 Å². The van der Waals surface area contributed by atoms with E-state index in [1.807, 2.05) is 30.3 Å². The number of benzene rings is 1. The lowest BCUT2D eigenvalue weighted by atomic mass is 10.3. The maximum Gasteiger partial charge on any atom is 0.122 e. The van der Waals surface area contributed by atoms with E-state index in [-0.39, 0.29) is 6.61 Å². The molecule has 94 valence electrons. The molecule has 0 amide bonds. The molecular formula is C14H15NO3. The minimum absolute atomic E-state index is 0.0856. The van der Waals surface area contributed by atoms with Crippen LogP contribution < -0.4 is 9.47 Å². The van der Waals surface area contributed by atoms with E-state index in [0.717, 1.165) is 5.75 Å². The summed E-state index contributed by atoms with van der Waals surface area (Å²) in [4.78, 5) is 3.97. The maximum absolute atomic E-state index is 8.94. The van der Waals surface area contributed by atoms with Crippen molar-refractivity contribution in [2.24, 2.45) is 0 Å². The molecule has 0 fully saturated rings. The van der Waals surface area contributed by atoms with E-state index in [1.165, 1.54) is 0 Å². The van der Waals surface area contributed by atoms with E-state index in [1.54, 1.807) is 18.3 Å². The van der Waals surface area contributed by atoms with Gasteiger partial charge < -0.3 is 14.6 Å². The zero-order chi connectivity index (χ0) is 12.6. The summed E-state index contributed by atoms with van der Waals surface area (Å²) in [5, 5.41) is 8.94. The smallest absolute Gasteiger partial charge is 0.122 e. The first-order chi connectivity index (χ1) is 8.88. The van der Waals surface area contributed by atoms with Gasteiger partial charge in [0.2, 0.25) is 0 Å². The Kier molecular flexibility index (Phi) is 4.55. The molecule has 4 heteroatoms. The van der Waals surface area contributed by atoms with Gasteiger partial charge in [-0.15, -0.1) is 0 Å². The van der Waals surface area contributed by atoms with Crippen LogP contribution in [0.3, 0.4) is 0 Å². The van der Waals surface area contributed by atoms with E-state index >= 15 is 0 Å². The molecule has 0 spiro atoms. The van der Waals surface area contributed by atoms with Gasteiger partial charge in [-0.05, 0) is 18.2 Å². The van der Waals surface area contributed by atoms with E-state index < -0.39 is 0 Å². The predicted molar refractivity (Wildman–Crippen MR) is 67.6 cm³/mol. The van der Waals surface area contributed by atoms with Gasteiger partial charge in [-0.2, -0.15) is 0 Å². The van der Waals surface area contributed by atoms with Gasteiger partial charge in [0.15, 0.2) is 0 Å². The Balaban J connectivity index is 1.75. The van der Waals surface area contributed by atoms with Crippen molar-refractivity contribution in [3.8, 4) is 11.5 Å². The van der Waals surface area contributed by atoms with E-state index in [0.29, 0.717) is 24.7 Å². The van der Waals surface area contributed by atoms with Gasteiger partial charge in [0.25, 0.3) is 0 Å². The summed E-state index contributed by atoms with van der Waals surface area (Å²) in [6.45, 7) is 0.836. The molecule has 0 bridgehead atoms. The fourth-order valence-electron chi connectivity index (χ4n) is 1.47. The van der Waals surface area contributed by atoms with Gasteiger partial charge in [0, 0.05) is 12.3 Å². The normalized spacial score (nSPS) is 10.1. The molecule has 0 aliphatic carbocycles. The van der Waals surface area contributed by atoms with Gasteiger partial charge in [0.1, 0.15) is 24.7 Å². The highest BCUT2D eigenvalue weighted by atomic mass is 16.5. The summed E-state index contributed by atoms with van der Waals surface area (Å²) in [5.74, 6) is 1.51. The number of aromatic nitrogens is 1. The Hall–Kier alpha value is -2.07. The van der Waals surface area contributed by atoms with Crippen molar-refractivity contribution in [3.05, 3.63) is 54.4 Å². The molecule has 2 rings (SSSR count). The van der Waals surface area contributed by atoms with Crippen molar-refractivity contribution < 1.29 is 14.6 Å². The van der Waals surface area contributed by atoms with E-state index in [4.69, 9.17) is 14.6 Å². The molecule has 0 unspecified atom stereocenters. The van der Waals surface area contributed by atoms with Crippen LogP contribution in [0.1, 0.15) is 5.69 Å². The molecular weight excluding hydrogens is 230 g/mol. The Morgan fingerprint density at radius 3 is 2.39 bits per heavy atom. The summed E-state index contributed by atoms with van der Waals surface area (Å²) in [7, 11) is 0. The van der Waals surface area contributed by atoms with Crippen LogP contribution in [0.4, 0.5) is 0 Å². The van der Waals surface area contributed by atoms with Crippen LogP contribution in [-0.2, 0) is 6.61 Å². The summed E-state index contributed by atoms with van der Waals surface area (Å²) >= 11 is 0. The molecule has 0 radical (unpaired) electrons. The first-order valence-corrected chi connectivity index (χ1v) is 5.75. The number of pyridine rings is 1. The van der Waals surface area contributed by atoms with Crippen LogP contribution in [0, 0.1) is 0 Å². The lowest BCUT2D eigenvalue weighted by Crippen LogP contribution is -2.09. The Labute approximate surface area is 106 Å². The number of ether oxygens (including phenoxy) is 2. The minimum Gasteiger partial charge on any atom is -0.490 e. The standard InChI is InChI=1S/C14H15NO3/c16-11-12-10-14(6-7-15-12)18-9-8-17-13-4-2-1-3-5-13/h1-7,10,16H,8-9,11H2. The van der Waals surface area contributed by atoms with Crippen molar-refractivity contribution >= 4 is 0 Å².